The number of benzene rings is 1. The van der Waals surface area contributed by atoms with Gasteiger partial charge in [0, 0.05) is 26.1 Å². The lowest BCUT2D eigenvalue weighted by Crippen LogP contribution is -2.41. The van der Waals surface area contributed by atoms with E-state index in [0.29, 0.717) is 12.3 Å². The summed E-state index contributed by atoms with van der Waals surface area (Å²) in [6.45, 7) is 8.79. The van der Waals surface area contributed by atoms with E-state index in [1.807, 2.05) is 5.01 Å². The first-order valence-corrected chi connectivity index (χ1v) is 9.80. The van der Waals surface area contributed by atoms with E-state index in [2.05, 4.69) is 50.0 Å². The zero-order chi connectivity index (χ0) is 18.2. The first-order chi connectivity index (χ1) is 12.0. The van der Waals surface area contributed by atoms with Crippen LogP contribution in [-0.2, 0) is 11.2 Å². The van der Waals surface area contributed by atoms with Gasteiger partial charge >= 0.3 is 0 Å². The van der Waals surface area contributed by atoms with Crippen molar-refractivity contribution >= 4 is 5.91 Å². The second kappa shape index (κ2) is 9.93. The molecule has 0 saturated carbocycles. The fraction of sp³-hybridized carbons (Fsp3) is 0.667. The van der Waals surface area contributed by atoms with Gasteiger partial charge in [0.1, 0.15) is 0 Å². The lowest BCUT2D eigenvalue weighted by molar-refractivity contribution is -0.138. The van der Waals surface area contributed by atoms with Crippen LogP contribution in [0.2, 0.25) is 0 Å². The Morgan fingerprint density at radius 1 is 1.16 bits per heavy atom. The predicted molar refractivity (Wildman–Crippen MR) is 102 cm³/mol. The van der Waals surface area contributed by atoms with Crippen molar-refractivity contribution in [3.05, 3.63) is 35.4 Å². The molecule has 1 amide bonds. The van der Waals surface area contributed by atoms with Crippen LogP contribution in [0.1, 0.15) is 57.1 Å². The number of nitrogens with zero attached hydrogens (tertiary/aromatic N) is 2. The number of aliphatic hydroxyl groups is 1. The number of aliphatic hydroxyl groups excluding tert-OH is 1. The Balaban J connectivity index is 1.77. The van der Waals surface area contributed by atoms with E-state index in [4.69, 9.17) is 0 Å². The second-order valence-corrected chi connectivity index (χ2v) is 7.43. The van der Waals surface area contributed by atoms with Crippen LogP contribution >= 0.6 is 0 Å². The zero-order valence-electron chi connectivity index (χ0n) is 16.1. The molecule has 1 fully saturated rings. The molecule has 0 aromatic heterocycles. The fourth-order valence-electron chi connectivity index (χ4n) is 3.54. The highest BCUT2D eigenvalue weighted by atomic mass is 16.3. The van der Waals surface area contributed by atoms with E-state index in [1.165, 1.54) is 11.1 Å². The van der Waals surface area contributed by atoms with Crippen LogP contribution in [0.5, 0.6) is 0 Å². The summed E-state index contributed by atoms with van der Waals surface area (Å²) in [5.74, 6) is 0.592. The smallest absolute Gasteiger partial charge is 0.238 e. The first-order valence-electron chi connectivity index (χ1n) is 9.80. The van der Waals surface area contributed by atoms with E-state index in [9.17, 15) is 9.90 Å². The molecule has 4 nitrogen and oxygen atoms in total. The summed E-state index contributed by atoms with van der Waals surface area (Å²) in [6.07, 6.45) is 5.22. The van der Waals surface area contributed by atoms with Gasteiger partial charge in [-0.3, -0.25) is 9.80 Å². The molecule has 1 heterocycles. The minimum absolute atomic E-state index is 0.223. The topological polar surface area (TPSA) is 43.8 Å². The van der Waals surface area contributed by atoms with Gasteiger partial charge in [-0.25, -0.2) is 5.01 Å². The van der Waals surface area contributed by atoms with Gasteiger partial charge in [-0.15, -0.1) is 0 Å². The first kappa shape index (κ1) is 19.9. The average molecular weight is 347 g/mol. The summed E-state index contributed by atoms with van der Waals surface area (Å²) >= 11 is 0. The number of carbonyl (C=O) groups is 1. The van der Waals surface area contributed by atoms with Crippen molar-refractivity contribution < 1.29 is 9.90 Å². The minimum Gasteiger partial charge on any atom is -0.393 e. The maximum absolute atomic E-state index is 12.2. The predicted octanol–water partition coefficient (Wildman–Crippen LogP) is 3.56. The molecule has 2 rings (SSSR count). The van der Waals surface area contributed by atoms with E-state index >= 15 is 0 Å². The highest BCUT2D eigenvalue weighted by Gasteiger charge is 2.28. The molecular weight excluding hydrogens is 312 g/mol. The molecule has 0 bridgehead atoms. The third-order valence-corrected chi connectivity index (χ3v) is 5.26. The number of aryl methyl sites for hydroxylation is 1. The SMILES string of the molecule is CCCC(C)C(O)CCCN1CCC(=O)N1CCc1ccc(C)cc1. The quantitative estimate of drug-likeness (QED) is 0.704. The van der Waals surface area contributed by atoms with Crippen molar-refractivity contribution in [2.75, 3.05) is 19.6 Å². The fourth-order valence-corrected chi connectivity index (χ4v) is 3.54. The zero-order valence-corrected chi connectivity index (χ0v) is 16.1. The Kier molecular flexibility index (Phi) is 7.91. The normalized spacial score (nSPS) is 17.9. The second-order valence-electron chi connectivity index (χ2n) is 7.43. The van der Waals surface area contributed by atoms with Gasteiger partial charge in [-0.2, -0.15) is 0 Å². The molecule has 1 saturated heterocycles. The molecule has 0 aliphatic carbocycles. The molecule has 25 heavy (non-hydrogen) atoms. The number of hydrogen-bond donors (Lipinski definition) is 1. The van der Waals surface area contributed by atoms with Gasteiger partial charge < -0.3 is 5.11 Å². The third kappa shape index (κ3) is 6.12. The molecule has 0 spiro atoms. The van der Waals surface area contributed by atoms with Crippen LogP contribution in [-0.4, -0.2) is 46.8 Å². The minimum atomic E-state index is -0.223. The molecule has 4 heteroatoms. The van der Waals surface area contributed by atoms with Crippen molar-refractivity contribution in [1.82, 2.24) is 10.0 Å². The van der Waals surface area contributed by atoms with Gasteiger partial charge in [-0.1, -0.05) is 50.1 Å². The van der Waals surface area contributed by atoms with Crippen molar-refractivity contribution in [3.63, 3.8) is 0 Å². The Hall–Kier alpha value is -1.39. The summed E-state index contributed by atoms with van der Waals surface area (Å²) in [5.41, 5.74) is 2.53. The molecule has 1 aromatic carbocycles. The van der Waals surface area contributed by atoms with Gasteiger partial charge in [-0.05, 0) is 44.1 Å². The van der Waals surface area contributed by atoms with E-state index < -0.39 is 0 Å². The Labute approximate surface area is 152 Å². The number of rotatable bonds is 10. The van der Waals surface area contributed by atoms with Gasteiger partial charge in [0.15, 0.2) is 0 Å². The standard InChI is InChI=1S/C21H34N2O2/c1-4-6-18(3)20(24)7-5-14-22-15-13-21(25)23(22)16-12-19-10-8-17(2)9-11-19/h8-11,18,20,24H,4-7,12-16H2,1-3H3. The van der Waals surface area contributed by atoms with E-state index in [1.54, 1.807) is 0 Å². The van der Waals surface area contributed by atoms with E-state index in [0.717, 1.165) is 51.7 Å². The highest BCUT2D eigenvalue weighted by molar-refractivity contribution is 5.77. The van der Waals surface area contributed by atoms with Gasteiger partial charge in [0.05, 0.1) is 6.10 Å². The average Bonchev–Trinajstić information content (AvgIpc) is 2.94. The summed E-state index contributed by atoms with van der Waals surface area (Å²) < 4.78 is 0. The van der Waals surface area contributed by atoms with Gasteiger partial charge in [0.2, 0.25) is 5.91 Å². The molecule has 1 aliphatic heterocycles. The van der Waals surface area contributed by atoms with Gasteiger partial charge in [0.25, 0.3) is 0 Å². The summed E-state index contributed by atoms with van der Waals surface area (Å²) in [5, 5.41) is 14.3. The lowest BCUT2D eigenvalue weighted by Gasteiger charge is -2.28. The molecule has 140 valence electrons. The monoisotopic (exact) mass is 346 g/mol. The summed E-state index contributed by atoms with van der Waals surface area (Å²) in [4.78, 5) is 12.2. The third-order valence-electron chi connectivity index (χ3n) is 5.26. The highest BCUT2D eigenvalue weighted by Crippen LogP contribution is 2.18. The molecule has 0 radical (unpaired) electrons. The number of carbonyl (C=O) groups excluding carboxylic acids is 1. The van der Waals surface area contributed by atoms with Crippen LogP contribution < -0.4 is 0 Å². The number of amides is 1. The van der Waals surface area contributed by atoms with Crippen molar-refractivity contribution in [3.8, 4) is 0 Å². The van der Waals surface area contributed by atoms with Crippen LogP contribution in [0, 0.1) is 12.8 Å². The Morgan fingerprint density at radius 2 is 1.88 bits per heavy atom. The van der Waals surface area contributed by atoms with Crippen molar-refractivity contribution in [1.29, 1.82) is 0 Å². The molecule has 2 unspecified atom stereocenters. The number of hydrazine groups is 1. The molecule has 1 aliphatic rings. The maximum Gasteiger partial charge on any atom is 0.238 e. The van der Waals surface area contributed by atoms with Crippen molar-refractivity contribution in [2.45, 2.75) is 65.4 Å². The Morgan fingerprint density at radius 3 is 2.56 bits per heavy atom. The van der Waals surface area contributed by atoms with E-state index in [-0.39, 0.29) is 12.0 Å². The Bertz CT molecular complexity index is 529. The largest absolute Gasteiger partial charge is 0.393 e. The number of hydrogen-bond acceptors (Lipinski definition) is 3. The summed E-state index contributed by atoms with van der Waals surface area (Å²) in [7, 11) is 0. The van der Waals surface area contributed by atoms with Crippen LogP contribution in [0.25, 0.3) is 0 Å². The van der Waals surface area contributed by atoms with Crippen LogP contribution in [0.15, 0.2) is 24.3 Å². The molecule has 1 aromatic rings. The molecular formula is C21H34N2O2. The van der Waals surface area contributed by atoms with Crippen molar-refractivity contribution in [2.24, 2.45) is 5.92 Å². The van der Waals surface area contributed by atoms with Crippen LogP contribution in [0.4, 0.5) is 0 Å². The molecule has 1 N–H and O–H groups in total. The maximum atomic E-state index is 12.2. The lowest BCUT2D eigenvalue weighted by atomic mass is 9.96. The molecule has 2 atom stereocenters. The summed E-state index contributed by atoms with van der Waals surface area (Å²) in [6, 6.07) is 8.53. The van der Waals surface area contributed by atoms with Crippen LogP contribution in [0.3, 0.4) is 0 Å².